The highest BCUT2D eigenvalue weighted by Gasteiger charge is 2.23. The molecule has 0 heterocycles. The largest absolute Gasteiger partial charge is 0.393 e. The predicted octanol–water partition coefficient (Wildman–Crippen LogP) is 3.30. The van der Waals surface area contributed by atoms with Crippen LogP contribution in [0.1, 0.15) is 59.3 Å². The minimum Gasteiger partial charge on any atom is -0.393 e. The molecule has 0 aromatic heterocycles. The summed E-state index contributed by atoms with van der Waals surface area (Å²) in [5.74, 6) is 1.29. The van der Waals surface area contributed by atoms with E-state index in [9.17, 15) is 5.11 Å². The number of rotatable bonds is 6. The molecule has 1 fully saturated rings. The van der Waals surface area contributed by atoms with Crippen molar-refractivity contribution in [3.05, 3.63) is 0 Å². The van der Waals surface area contributed by atoms with Gasteiger partial charge in [0.15, 0.2) is 0 Å². The first-order valence-corrected chi connectivity index (χ1v) is 7.57. The van der Waals surface area contributed by atoms with Crippen molar-refractivity contribution in [2.45, 2.75) is 65.4 Å². The Balaban J connectivity index is 2.41. The smallest absolute Gasteiger partial charge is 0.0580 e. The van der Waals surface area contributed by atoms with Gasteiger partial charge in [-0.1, -0.05) is 46.5 Å². The predicted molar refractivity (Wildman–Crippen MR) is 74.2 cm³/mol. The van der Waals surface area contributed by atoms with Crippen LogP contribution < -0.4 is 0 Å². The Morgan fingerprint density at radius 2 is 1.88 bits per heavy atom. The summed E-state index contributed by atoms with van der Waals surface area (Å²) in [4.78, 5) is 2.54. The summed E-state index contributed by atoms with van der Waals surface area (Å²) in [5.41, 5.74) is 0. The van der Waals surface area contributed by atoms with Gasteiger partial charge in [-0.2, -0.15) is 0 Å². The van der Waals surface area contributed by atoms with Gasteiger partial charge < -0.3 is 10.0 Å². The third-order valence-corrected chi connectivity index (χ3v) is 4.33. The minimum absolute atomic E-state index is 0.0523. The Labute approximate surface area is 107 Å². The van der Waals surface area contributed by atoms with Crippen LogP contribution in [0.4, 0.5) is 0 Å². The summed E-state index contributed by atoms with van der Waals surface area (Å²) in [6, 6.07) is 0. The van der Waals surface area contributed by atoms with Gasteiger partial charge in [0.2, 0.25) is 0 Å². The summed E-state index contributed by atoms with van der Waals surface area (Å²) in [6.45, 7) is 10.2. The van der Waals surface area contributed by atoms with E-state index in [1.807, 2.05) is 0 Å². The zero-order valence-electron chi connectivity index (χ0n) is 12.0. The molecule has 0 aromatic carbocycles. The molecule has 2 heteroatoms. The molecule has 1 aliphatic carbocycles. The van der Waals surface area contributed by atoms with Gasteiger partial charge in [0.1, 0.15) is 0 Å². The van der Waals surface area contributed by atoms with Crippen LogP contribution in [0.5, 0.6) is 0 Å². The van der Waals surface area contributed by atoms with Crippen molar-refractivity contribution in [3.8, 4) is 0 Å². The topological polar surface area (TPSA) is 23.5 Å². The highest BCUT2D eigenvalue weighted by Crippen LogP contribution is 2.24. The normalized spacial score (nSPS) is 28.1. The first-order chi connectivity index (χ1) is 8.17. The maximum absolute atomic E-state index is 10.2. The van der Waals surface area contributed by atoms with Crippen LogP contribution in [0.3, 0.4) is 0 Å². The Bertz CT molecular complexity index is 195. The second-order valence-corrected chi connectivity index (χ2v) is 5.83. The van der Waals surface area contributed by atoms with Gasteiger partial charge in [-0.05, 0) is 31.2 Å². The van der Waals surface area contributed by atoms with Crippen LogP contribution >= 0.6 is 0 Å². The highest BCUT2D eigenvalue weighted by molar-refractivity contribution is 4.76. The molecule has 0 radical (unpaired) electrons. The fourth-order valence-electron chi connectivity index (χ4n) is 2.81. The number of nitrogens with zero attached hydrogens (tertiary/aromatic N) is 1. The van der Waals surface area contributed by atoms with Crippen LogP contribution in [0.2, 0.25) is 0 Å². The first kappa shape index (κ1) is 15.0. The van der Waals surface area contributed by atoms with Gasteiger partial charge in [0.25, 0.3) is 0 Å². The van der Waals surface area contributed by atoms with Crippen molar-refractivity contribution >= 4 is 0 Å². The summed E-state index contributed by atoms with van der Waals surface area (Å²) in [7, 11) is 0. The van der Waals surface area contributed by atoms with Gasteiger partial charge in [-0.15, -0.1) is 0 Å². The third kappa shape index (κ3) is 5.39. The van der Waals surface area contributed by atoms with Gasteiger partial charge in [-0.25, -0.2) is 0 Å². The van der Waals surface area contributed by atoms with Crippen molar-refractivity contribution in [3.63, 3.8) is 0 Å². The molecule has 1 N–H and O–H groups in total. The van der Waals surface area contributed by atoms with Crippen LogP contribution in [0, 0.1) is 11.8 Å². The van der Waals surface area contributed by atoms with E-state index in [-0.39, 0.29) is 6.10 Å². The van der Waals surface area contributed by atoms with Crippen molar-refractivity contribution in [2.75, 3.05) is 19.6 Å². The molecule has 17 heavy (non-hydrogen) atoms. The molecule has 0 aliphatic heterocycles. The van der Waals surface area contributed by atoms with Crippen molar-refractivity contribution in [2.24, 2.45) is 11.8 Å². The van der Waals surface area contributed by atoms with E-state index in [0.29, 0.717) is 5.92 Å². The number of hydrogen-bond donors (Lipinski definition) is 1. The fraction of sp³-hybridized carbons (Fsp3) is 1.00. The van der Waals surface area contributed by atoms with Gasteiger partial charge in [-0.3, -0.25) is 0 Å². The summed E-state index contributed by atoms with van der Waals surface area (Å²) in [5, 5.41) is 10.2. The summed E-state index contributed by atoms with van der Waals surface area (Å²) in [6.07, 6.45) is 7.28. The number of hydrogen-bond acceptors (Lipinski definition) is 2. The highest BCUT2D eigenvalue weighted by atomic mass is 16.3. The van der Waals surface area contributed by atoms with Crippen molar-refractivity contribution < 1.29 is 5.11 Å². The lowest BCUT2D eigenvalue weighted by Crippen LogP contribution is -2.37. The quantitative estimate of drug-likeness (QED) is 0.721. The standard InChI is InChI=1S/C15H31NO/c1-4-13(3)11-16(5-2)12-14-9-7-6-8-10-15(14)17/h13-15,17H,4-12H2,1-3H3. The van der Waals surface area contributed by atoms with Gasteiger partial charge in [0.05, 0.1) is 6.10 Å². The van der Waals surface area contributed by atoms with Crippen LogP contribution in [0.25, 0.3) is 0 Å². The average molecular weight is 241 g/mol. The van der Waals surface area contributed by atoms with Crippen molar-refractivity contribution in [1.82, 2.24) is 4.90 Å². The van der Waals surface area contributed by atoms with E-state index in [1.165, 1.54) is 38.6 Å². The second-order valence-electron chi connectivity index (χ2n) is 5.83. The van der Waals surface area contributed by atoms with Crippen LogP contribution in [-0.2, 0) is 0 Å². The molecule has 2 nitrogen and oxygen atoms in total. The lowest BCUT2D eigenvalue weighted by molar-refractivity contribution is 0.0708. The summed E-state index contributed by atoms with van der Waals surface area (Å²) < 4.78 is 0. The van der Waals surface area contributed by atoms with E-state index < -0.39 is 0 Å². The fourth-order valence-corrected chi connectivity index (χ4v) is 2.81. The molecule has 0 amide bonds. The lowest BCUT2D eigenvalue weighted by atomic mass is 9.96. The maximum atomic E-state index is 10.2. The van der Waals surface area contributed by atoms with E-state index >= 15 is 0 Å². The monoisotopic (exact) mass is 241 g/mol. The number of aliphatic hydroxyl groups is 1. The molecule has 0 bridgehead atoms. The number of aliphatic hydroxyl groups excluding tert-OH is 1. The molecule has 1 saturated carbocycles. The second kappa shape index (κ2) is 8.10. The molecule has 3 atom stereocenters. The van der Waals surface area contributed by atoms with E-state index in [4.69, 9.17) is 0 Å². The van der Waals surface area contributed by atoms with E-state index in [0.717, 1.165) is 25.4 Å². The molecule has 0 aromatic rings. The minimum atomic E-state index is -0.0523. The molecular formula is C15H31NO. The van der Waals surface area contributed by atoms with Gasteiger partial charge >= 0.3 is 0 Å². The van der Waals surface area contributed by atoms with Crippen molar-refractivity contribution in [1.29, 1.82) is 0 Å². The Hall–Kier alpha value is -0.0800. The van der Waals surface area contributed by atoms with Crippen LogP contribution in [0.15, 0.2) is 0 Å². The molecule has 0 spiro atoms. The Kier molecular flexibility index (Phi) is 7.14. The molecule has 1 rings (SSSR count). The first-order valence-electron chi connectivity index (χ1n) is 7.57. The molecule has 102 valence electrons. The van der Waals surface area contributed by atoms with Crippen LogP contribution in [-0.4, -0.2) is 35.7 Å². The van der Waals surface area contributed by atoms with E-state index in [1.54, 1.807) is 0 Å². The Morgan fingerprint density at radius 1 is 1.18 bits per heavy atom. The van der Waals surface area contributed by atoms with Gasteiger partial charge in [0, 0.05) is 13.1 Å². The molecular weight excluding hydrogens is 210 g/mol. The SMILES string of the molecule is CCC(C)CN(CC)CC1CCCCCC1O. The average Bonchev–Trinajstić information content (AvgIpc) is 2.53. The zero-order valence-corrected chi connectivity index (χ0v) is 12.0. The lowest BCUT2D eigenvalue weighted by Gasteiger charge is -2.30. The Morgan fingerprint density at radius 3 is 2.53 bits per heavy atom. The summed E-state index contributed by atoms with van der Waals surface area (Å²) >= 11 is 0. The molecule has 1 aliphatic rings. The molecule has 0 saturated heterocycles. The van der Waals surface area contributed by atoms with E-state index in [2.05, 4.69) is 25.7 Å². The third-order valence-electron chi connectivity index (χ3n) is 4.33. The molecule has 3 unspecified atom stereocenters. The zero-order chi connectivity index (χ0) is 12.7. The maximum Gasteiger partial charge on any atom is 0.0580 e.